The van der Waals surface area contributed by atoms with Gasteiger partial charge in [-0.2, -0.15) is 0 Å². The summed E-state index contributed by atoms with van der Waals surface area (Å²) in [6, 6.07) is 13.8. The summed E-state index contributed by atoms with van der Waals surface area (Å²) in [6.45, 7) is 6.09. The Morgan fingerprint density at radius 1 is 1.23 bits per heavy atom. The first-order valence-corrected chi connectivity index (χ1v) is 12.8. The summed E-state index contributed by atoms with van der Waals surface area (Å²) in [4.78, 5) is 2.21. The fourth-order valence-corrected chi connectivity index (χ4v) is 6.07. The van der Waals surface area contributed by atoms with Crippen LogP contribution in [0.15, 0.2) is 53.1 Å². The third kappa shape index (κ3) is 5.16. The predicted octanol–water partition coefficient (Wildman–Crippen LogP) is 3.82. The summed E-state index contributed by atoms with van der Waals surface area (Å²) in [6.07, 6.45) is 2.27. The van der Waals surface area contributed by atoms with Gasteiger partial charge >= 0.3 is 0 Å². The maximum absolute atomic E-state index is 12.1. The van der Waals surface area contributed by atoms with E-state index in [1.54, 1.807) is 10.9 Å². The highest BCUT2D eigenvalue weighted by Crippen LogP contribution is 2.23. The molecule has 1 unspecified atom stereocenters. The number of hydrogen-bond donors (Lipinski definition) is 0. The normalized spacial score (nSPS) is 18.3. The Hall–Kier alpha value is -2.23. The summed E-state index contributed by atoms with van der Waals surface area (Å²) in [5.74, 6) is 2.16. The van der Waals surface area contributed by atoms with Crippen LogP contribution < -0.4 is 0 Å². The first-order chi connectivity index (χ1) is 14.8. The molecule has 2 aromatic heterocycles. The number of benzene rings is 1. The van der Waals surface area contributed by atoms with Gasteiger partial charge in [-0.1, -0.05) is 44.2 Å². The molecule has 0 bridgehead atoms. The van der Waals surface area contributed by atoms with E-state index in [9.17, 15) is 8.42 Å². The van der Waals surface area contributed by atoms with E-state index in [0.717, 1.165) is 12.1 Å². The lowest BCUT2D eigenvalue weighted by atomic mass is 10.1. The lowest BCUT2D eigenvalue weighted by Gasteiger charge is -2.29. The Kier molecular flexibility index (Phi) is 6.45. The minimum Gasteiger partial charge on any atom is -0.461 e. The largest absolute Gasteiger partial charge is 0.461 e. The van der Waals surface area contributed by atoms with Gasteiger partial charge in [0.05, 0.1) is 31.0 Å². The molecular weight excluding hydrogens is 432 g/mol. The molecule has 1 saturated heterocycles. The fourth-order valence-electron chi connectivity index (χ4n) is 4.06. The van der Waals surface area contributed by atoms with E-state index in [4.69, 9.17) is 21.7 Å². The van der Waals surface area contributed by atoms with E-state index in [-0.39, 0.29) is 17.5 Å². The minimum absolute atomic E-state index is 0.0133. The number of nitrogens with zero attached hydrogens (tertiary/aromatic N) is 4. The molecule has 1 atom stereocenters. The van der Waals surface area contributed by atoms with Crippen molar-refractivity contribution < 1.29 is 12.8 Å². The van der Waals surface area contributed by atoms with Crippen LogP contribution in [0.25, 0.3) is 11.6 Å². The van der Waals surface area contributed by atoms with E-state index in [2.05, 4.69) is 30.9 Å². The number of aromatic nitrogens is 3. The van der Waals surface area contributed by atoms with Crippen LogP contribution in [0.5, 0.6) is 0 Å². The van der Waals surface area contributed by atoms with Gasteiger partial charge in [-0.25, -0.2) is 13.1 Å². The zero-order chi connectivity index (χ0) is 22.0. The van der Waals surface area contributed by atoms with E-state index in [1.165, 1.54) is 0 Å². The van der Waals surface area contributed by atoms with Gasteiger partial charge in [0.2, 0.25) is 0 Å². The lowest BCUT2D eigenvalue weighted by molar-refractivity contribution is 0.137. The van der Waals surface area contributed by atoms with Crippen molar-refractivity contribution in [3.05, 3.63) is 59.1 Å². The number of sulfone groups is 1. The zero-order valence-corrected chi connectivity index (χ0v) is 19.5. The van der Waals surface area contributed by atoms with Crippen molar-refractivity contribution in [3.8, 4) is 11.6 Å². The average molecular weight is 461 g/mol. The maximum Gasteiger partial charge on any atom is 0.199 e. The lowest BCUT2D eigenvalue weighted by Crippen LogP contribution is -2.40. The fraction of sp³-hybridized carbons (Fsp3) is 0.455. The molecule has 1 aliphatic rings. The van der Waals surface area contributed by atoms with Crippen molar-refractivity contribution in [1.29, 1.82) is 0 Å². The second-order valence-corrected chi connectivity index (χ2v) is 11.1. The van der Waals surface area contributed by atoms with Gasteiger partial charge in [-0.3, -0.25) is 9.47 Å². The van der Waals surface area contributed by atoms with E-state index >= 15 is 0 Å². The molecule has 4 rings (SSSR count). The van der Waals surface area contributed by atoms with Crippen LogP contribution >= 0.6 is 12.2 Å². The molecule has 1 aromatic carbocycles. The molecule has 166 valence electrons. The molecule has 3 aromatic rings. The summed E-state index contributed by atoms with van der Waals surface area (Å²) < 4.78 is 34.1. The standard InChI is InChI=1S/C22H28N4O3S2/c1-17(2)13-24(19-10-12-31(27,28)15-19)16-26-22(30)25(14-18-7-4-3-5-8-18)21(23-26)20-9-6-11-29-20/h3-9,11,17,19H,10,12-16H2,1-2H3. The third-order valence-corrected chi connectivity index (χ3v) is 7.67. The molecule has 0 amide bonds. The minimum atomic E-state index is -2.98. The van der Waals surface area contributed by atoms with Crippen molar-refractivity contribution >= 4 is 22.1 Å². The van der Waals surface area contributed by atoms with Gasteiger partial charge in [0, 0.05) is 12.6 Å². The van der Waals surface area contributed by atoms with Crippen molar-refractivity contribution in [2.45, 2.75) is 39.5 Å². The van der Waals surface area contributed by atoms with Crippen LogP contribution in [0.2, 0.25) is 0 Å². The molecular formula is C22H28N4O3S2. The van der Waals surface area contributed by atoms with Crippen LogP contribution in [0.1, 0.15) is 25.8 Å². The number of hydrogen-bond acceptors (Lipinski definition) is 6. The number of furan rings is 1. The molecule has 0 aliphatic carbocycles. The van der Waals surface area contributed by atoms with Gasteiger partial charge in [0.1, 0.15) is 0 Å². The van der Waals surface area contributed by atoms with Crippen LogP contribution in [0.4, 0.5) is 0 Å². The van der Waals surface area contributed by atoms with Crippen LogP contribution in [0, 0.1) is 10.7 Å². The second-order valence-electron chi connectivity index (χ2n) is 8.52. The van der Waals surface area contributed by atoms with Gasteiger partial charge in [-0.05, 0) is 42.3 Å². The SMILES string of the molecule is CC(C)CN(Cn1nc(-c2ccco2)n(Cc2ccccc2)c1=S)C1CCS(=O)(=O)C1. The molecule has 1 fully saturated rings. The quantitative estimate of drug-likeness (QED) is 0.476. The van der Waals surface area contributed by atoms with E-state index in [0.29, 0.717) is 41.9 Å². The summed E-state index contributed by atoms with van der Waals surface area (Å²) in [5, 5.41) is 4.79. The number of rotatable bonds is 8. The van der Waals surface area contributed by atoms with Gasteiger partial charge in [0.25, 0.3) is 0 Å². The highest BCUT2D eigenvalue weighted by molar-refractivity contribution is 7.91. The molecule has 7 nitrogen and oxygen atoms in total. The van der Waals surface area contributed by atoms with Crippen molar-refractivity contribution in [3.63, 3.8) is 0 Å². The topological polar surface area (TPSA) is 73.3 Å². The Labute approximate surface area is 188 Å². The third-order valence-electron chi connectivity index (χ3n) is 5.49. The first kappa shape index (κ1) is 22.0. The van der Waals surface area contributed by atoms with Gasteiger partial charge < -0.3 is 4.42 Å². The average Bonchev–Trinajstić information content (AvgIpc) is 3.44. The highest BCUT2D eigenvalue weighted by atomic mass is 32.2. The smallest absolute Gasteiger partial charge is 0.199 e. The summed E-state index contributed by atoms with van der Waals surface area (Å²) >= 11 is 5.81. The summed E-state index contributed by atoms with van der Waals surface area (Å²) in [7, 11) is -2.98. The Bertz CT molecular complexity index is 1170. The summed E-state index contributed by atoms with van der Waals surface area (Å²) in [5.41, 5.74) is 1.12. The van der Waals surface area contributed by atoms with Crippen LogP contribution in [-0.2, 0) is 23.1 Å². The van der Waals surface area contributed by atoms with Crippen molar-refractivity contribution in [2.24, 2.45) is 5.92 Å². The highest BCUT2D eigenvalue weighted by Gasteiger charge is 2.33. The molecule has 3 heterocycles. The van der Waals surface area contributed by atoms with Gasteiger partial charge in [0.15, 0.2) is 26.2 Å². The van der Waals surface area contributed by atoms with E-state index < -0.39 is 9.84 Å². The molecule has 1 aliphatic heterocycles. The Balaban J connectivity index is 1.68. The van der Waals surface area contributed by atoms with Crippen molar-refractivity contribution in [1.82, 2.24) is 19.2 Å². The Morgan fingerprint density at radius 2 is 2.00 bits per heavy atom. The van der Waals surface area contributed by atoms with Crippen LogP contribution in [0.3, 0.4) is 0 Å². The van der Waals surface area contributed by atoms with Crippen molar-refractivity contribution in [2.75, 3.05) is 18.1 Å². The molecule has 9 heteroatoms. The monoisotopic (exact) mass is 460 g/mol. The maximum atomic E-state index is 12.1. The zero-order valence-electron chi connectivity index (χ0n) is 17.8. The van der Waals surface area contributed by atoms with Crippen LogP contribution in [-0.4, -0.2) is 51.8 Å². The second kappa shape index (κ2) is 9.10. The predicted molar refractivity (Wildman–Crippen MR) is 123 cm³/mol. The van der Waals surface area contributed by atoms with Gasteiger partial charge in [-0.15, -0.1) is 5.10 Å². The molecule has 31 heavy (non-hydrogen) atoms. The first-order valence-electron chi connectivity index (χ1n) is 10.5. The molecule has 0 radical (unpaired) electrons. The Morgan fingerprint density at radius 3 is 2.61 bits per heavy atom. The molecule has 0 N–H and O–H groups in total. The molecule has 0 saturated carbocycles. The molecule has 0 spiro atoms. The van der Waals surface area contributed by atoms with E-state index in [1.807, 2.05) is 34.9 Å².